The molecule has 23 heavy (non-hydrogen) atoms. The van der Waals surface area contributed by atoms with E-state index in [1.165, 1.54) is 0 Å². The van der Waals surface area contributed by atoms with Crippen molar-refractivity contribution in [2.24, 2.45) is 0 Å². The molecule has 7 heteroatoms. The van der Waals surface area contributed by atoms with Crippen LogP contribution in [0.5, 0.6) is 0 Å². The zero-order valence-electron chi connectivity index (χ0n) is 12.1. The normalized spacial score (nSPS) is 10.8. The van der Waals surface area contributed by atoms with Gasteiger partial charge in [-0.1, -0.05) is 17.7 Å². The number of aromatic nitrogens is 2. The maximum Gasteiger partial charge on any atom is 0.247 e. The van der Waals surface area contributed by atoms with Crippen LogP contribution in [-0.4, -0.2) is 10.2 Å². The maximum absolute atomic E-state index is 13.5. The summed E-state index contributed by atoms with van der Waals surface area (Å²) >= 11 is 0. The lowest BCUT2D eigenvalue weighted by Gasteiger charge is -2.05. The van der Waals surface area contributed by atoms with E-state index in [0.717, 1.165) is 23.3 Å². The Morgan fingerprint density at radius 1 is 0.957 bits per heavy atom. The van der Waals surface area contributed by atoms with Crippen molar-refractivity contribution in [2.75, 3.05) is 5.32 Å². The van der Waals surface area contributed by atoms with Crippen LogP contribution < -0.4 is 5.32 Å². The van der Waals surface area contributed by atoms with Crippen LogP contribution in [0.25, 0.3) is 11.5 Å². The van der Waals surface area contributed by atoms with Gasteiger partial charge < -0.3 is 9.73 Å². The lowest BCUT2D eigenvalue weighted by Crippen LogP contribution is -2.04. The van der Waals surface area contributed by atoms with E-state index < -0.39 is 17.5 Å². The number of anilines is 1. The summed E-state index contributed by atoms with van der Waals surface area (Å²) in [5.74, 6) is -3.53. The highest BCUT2D eigenvalue weighted by molar-refractivity contribution is 5.53. The molecule has 1 aromatic heterocycles. The molecule has 4 nitrogen and oxygen atoms in total. The molecule has 0 aliphatic carbocycles. The molecule has 0 unspecified atom stereocenters. The Bertz CT molecular complexity index is 831. The summed E-state index contributed by atoms with van der Waals surface area (Å²) in [5, 5.41) is 10.3. The second-order valence-electron chi connectivity index (χ2n) is 4.94. The Morgan fingerprint density at radius 2 is 1.70 bits per heavy atom. The van der Waals surface area contributed by atoms with E-state index in [1.807, 2.05) is 31.2 Å². The Morgan fingerprint density at radius 3 is 2.43 bits per heavy atom. The van der Waals surface area contributed by atoms with Gasteiger partial charge in [0.25, 0.3) is 0 Å². The Hall–Kier alpha value is -2.83. The topological polar surface area (TPSA) is 51.0 Å². The van der Waals surface area contributed by atoms with Crippen molar-refractivity contribution in [1.29, 1.82) is 0 Å². The van der Waals surface area contributed by atoms with Crippen LogP contribution in [0.4, 0.5) is 18.9 Å². The first kappa shape index (κ1) is 15.1. The predicted molar refractivity (Wildman–Crippen MR) is 78.1 cm³/mol. The molecule has 0 spiro atoms. The highest BCUT2D eigenvalue weighted by Crippen LogP contribution is 2.21. The van der Waals surface area contributed by atoms with E-state index in [4.69, 9.17) is 4.42 Å². The molecule has 3 aromatic rings. The molecular formula is C16H12F3N3O. The molecular weight excluding hydrogens is 307 g/mol. The summed E-state index contributed by atoms with van der Waals surface area (Å²) in [6.07, 6.45) is 0. The molecule has 0 atom stereocenters. The molecule has 2 aromatic carbocycles. The minimum Gasteiger partial charge on any atom is -0.419 e. The highest BCUT2D eigenvalue weighted by atomic mass is 19.2. The Balaban J connectivity index is 1.73. The number of hydrogen-bond donors (Lipinski definition) is 1. The van der Waals surface area contributed by atoms with E-state index in [0.29, 0.717) is 5.89 Å². The number of hydrogen-bond acceptors (Lipinski definition) is 4. The number of aryl methyl sites for hydroxylation is 1. The van der Waals surface area contributed by atoms with Crippen molar-refractivity contribution in [1.82, 2.24) is 10.2 Å². The van der Waals surface area contributed by atoms with Crippen LogP contribution >= 0.6 is 0 Å². The lowest BCUT2D eigenvalue weighted by atomic mass is 10.1. The van der Waals surface area contributed by atoms with E-state index in [1.54, 1.807) is 0 Å². The van der Waals surface area contributed by atoms with Crippen molar-refractivity contribution in [3.05, 3.63) is 65.3 Å². The van der Waals surface area contributed by atoms with E-state index >= 15 is 0 Å². The largest absolute Gasteiger partial charge is 0.419 e. The molecule has 0 fully saturated rings. The van der Waals surface area contributed by atoms with E-state index in [-0.39, 0.29) is 18.1 Å². The molecule has 3 rings (SSSR count). The van der Waals surface area contributed by atoms with Gasteiger partial charge >= 0.3 is 0 Å². The molecule has 1 heterocycles. The molecule has 0 saturated carbocycles. The van der Waals surface area contributed by atoms with Gasteiger partial charge in [0.05, 0.1) is 12.2 Å². The average Bonchev–Trinajstić information content (AvgIpc) is 3.02. The van der Waals surface area contributed by atoms with Crippen molar-refractivity contribution in [3.8, 4) is 11.5 Å². The van der Waals surface area contributed by atoms with Crippen LogP contribution in [0.15, 0.2) is 40.8 Å². The summed E-state index contributed by atoms with van der Waals surface area (Å²) < 4.78 is 45.0. The molecule has 0 saturated heterocycles. The second-order valence-corrected chi connectivity index (χ2v) is 4.94. The van der Waals surface area contributed by atoms with E-state index in [9.17, 15) is 13.2 Å². The van der Waals surface area contributed by atoms with Gasteiger partial charge in [0.2, 0.25) is 11.8 Å². The van der Waals surface area contributed by atoms with Gasteiger partial charge in [0.15, 0.2) is 17.5 Å². The molecule has 0 aliphatic rings. The standard InChI is InChI=1S/C16H12F3N3O/c1-9-2-4-10(5-3-9)16-22-21-13(23-16)8-20-12-7-6-11(17)14(18)15(12)19/h2-7,20H,8H2,1H3. The smallest absolute Gasteiger partial charge is 0.247 e. The van der Waals surface area contributed by atoms with Gasteiger partial charge in [-0.15, -0.1) is 10.2 Å². The Labute approximate surface area is 130 Å². The van der Waals surface area contributed by atoms with Crippen LogP contribution in [0, 0.1) is 24.4 Å². The minimum atomic E-state index is -1.53. The van der Waals surface area contributed by atoms with E-state index in [2.05, 4.69) is 15.5 Å². The summed E-state index contributed by atoms with van der Waals surface area (Å²) in [6.45, 7) is 1.95. The Kier molecular flexibility index (Phi) is 4.01. The third-order valence-corrected chi connectivity index (χ3v) is 3.23. The molecule has 118 valence electrons. The fraction of sp³-hybridized carbons (Fsp3) is 0.125. The SMILES string of the molecule is Cc1ccc(-c2nnc(CNc3ccc(F)c(F)c3F)o2)cc1. The molecule has 1 N–H and O–H groups in total. The summed E-state index contributed by atoms with van der Waals surface area (Å²) in [5.41, 5.74) is 1.68. The fourth-order valence-electron chi connectivity index (χ4n) is 1.97. The first-order valence-electron chi connectivity index (χ1n) is 6.81. The van der Waals surface area contributed by atoms with Crippen LogP contribution in [-0.2, 0) is 6.54 Å². The first-order chi connectivity index (χ1) is 11.0. The number of halogens is 3. The van der Waals surface area contributed by atoms with Gasteiger partial charge in [-0.25, -0.2) is 13.2 Å². The lowest BCUT2D eigenvalue weighted by molar-refractivity contribution is 0.448. The second kappa shape index (κ2) is 6.12. The number of nitrogens with zero attached hydrogens (tertiary/aromatic N) is 2. The van der Waals surface area contributed by atoms with Crippen molar-refractivity contribution < 1.29 is 17.6 Å². The monoisotopic (exact) mass is 319 g/mol. The third kappa shape index (κ3) is 3.18. The third-order valence-electron chi connectivity index (χ3n) is 3.23. The van der Waals surface area contributed by atoms with Crippen LogP contribution in [0.1, 0.15) is 11.5 Å². The van der Waals surface area contributed by atoms with Crippen LogP contribution in [0.2, 0.25) is 0 Å². The van der Waals surface area contributed by atoms with Crippen LogP contribution in [0.3, 0.4) is 0 Å². The summed E-state index contributed by atoms with van der Waals surface area (Å²) in [6, 6.07) is 9.45. The first-order valence-corrected chi connectivity index (χ1v) is 6.81. The predicted octanol–water partition coefficient (Wildman–Crippen LogP) is 4.07. The molecule has 0 bridgehead atoms. The number of benzene rings is 2. The number of nitrogens with one attached hydrogen (secondary N) is 1. The zero-order valence-corrected chi connectivity index (χ0v) is 12.1. The van der Waals surface area contributed by atoms with Gasteiger partial charge in [-0.2, -0.15) is 0 Å². The van der Waals surface area contributed by atoms with Gasteiger partial charge in [-0.05, 0) is 31.2 Å². The average molecular weight is 319 g/mol. The van der Waals surface area contributed by atoms with Gasteiger partial charge in [-0.3, -0.25) is 0 Å². The summed E-state index contributed by atoms with van der Waals surface area (Å²) in [7, 11) is 0. The summed E-state index contributed by atoms with van der Waals surface area (Å²) in [4.78, 5) is 0. The van der Waals surface area contributed by atoms with Crippen molar-refractivity contribution in [3.63, 3.8) is 0 Å². The maximum atomic E-state index is 13.5. The fourth-order valence-corrected chi connectivity index (χ4v) is 1.97. The molecule has 0 aliphatic heterocycles. The van der Waals surface area contributed by atoms with Gasteiger partial charge in [0, 0.05) is 5.56 Å². The molecule has 0 radical (unpaired) electrons. The highest BCUT2D eigenvalue weighted by Gasteiger charge is 2.14. The van der Waals surface area contributed by atoms with Crippen molar-refractivity contribution in [2.45, 2.75) is 13.5 Å². The minimum absolute atomic E-state index is 0.0130. The quantitative estimate of drug-likeness (QED) is 0.736. The van der Waals surface area contributed by atoms with Gasteiger partial charge in [0.1, 0.15) is 0 Å². The molecule has 0 amide bonds. The van der Waals surface area contributed by atoms with Crippen molar-refractivity contribution >= 4 is 5.69 Å². The number of rotatable bonds is 4. The zero-order chi connectivity index (χ0) is 16.4.